The number of fused-ring (bicyclic) bond motifs is 1. The van der Waals surface area contributed by atoms with Gasteiger partial charge in [-0.1, -0.05) is 48.7 Å². The van der Waals surface area contributed by atoms with Crippen molar-refractivity contribution in [2.24, 2.45) is 5.92 Å². The minimum absolute atomic E-state index is 0.232. The Hall–Kier alpha value is -2.13. The molecule has 0 N–H and O–H groups in total. The molecule has 3 aromatic rings. The van der Waals surface area contributed by atoms with Gasteiger partial charge in [-0.05, 0) is 61.3 Å². The van der Waals surface area contributed by atoms with Gasteiger partial charge in [0.2, 0.25) is 0 Å². The SMILES string of the molecule is O=c1nc(CCC2CC2)c2ccc(C3CC3)cc2n1-c1ccccc1Cl. The molecule has 1 aromatic heterocycles. The molecule has 2 fully saturated rings. The molecule has 0 saturated heterocycles. The summed E-state index contributed by atoms with van der Waals surface area (Å²) in [6.45, 7) is 0. The van der Waals surface area contributed by atoms with E-state index in [1.54, 1.807) is 4.57 Å². The summed E-state index contributed by atoms with van der Waals surface area (Å²) in [6.07, 6.45) is 7.12. The maximum atomic E-state index is 13.0. The molecule has 4 heteroatoms. The fourth-order valence-electron chi connectivity index (χ4n) is 3.78. The van der Waals surface area contributed by atoms with E-state index in [1.165, 1.54) is 31.2 Å². The first-order valence-corrected chi connectivity index (χ1v) is 9.89. The molecule has 26 heavy (non-hydrogen) atoms. The van der Waals surface area contributed by atoms with Crippen LogP contribution in [0.3, 0.4) is 0 Å². The molecule has 0 atom stereocenters. The third kappa shape index (κ3) is 2.95. The molecule has 2 aromatic carbocycles. The predicted molar refractivity (Wildman–Crippen MR) is 105 cm³/mol. The van der Waals surface area contributed by atoms with Crippen molar-refractivity contribution in [1.29, 1.82) is 0 Å². The Morgan fingerprint density at radius 1 is 1.08 bits per heavy atom. The van der Waals surface area contributed by atoms with Crippen LogP contribution in [0, 0.1) is 5.92 Å². The van der Waals surface area contributed by atoms with Gasteiger partial charge in [-0.2, -0.15) is 4.98 Å². The number of halogens is 1. The molecule has 0 amide bonds. The first-order chi connectivity index (χ1) is 12.7. The zero-order chi connectivity index (χ0) is 17.7. The van der Waals surface area contributed by atoms with Crippen molar-refractivity contribution in [1.82, 2.24) is 9.55 Å². The van der Waals surface area contributed by atoms with Crippen LogP contribution < -0.4 is 5.69 Å². The predicted octanol–water partition coefficient (Wildman–Crippen LogP) is 5.26. The van der Waals surface area contributed by atoms with E-state index < -0.39 is 0 Å². The molecule has 0 spiro atoms. The van der Waals surface area contributed by atoms with Gasteiger partial charge in [-0.3, -0.25) is 4.57 Å². The number of para-hydroxylation sites is 1. The number of aromatic nitrogens is 2. The molecule has 1 heterocycles. The van der Waals surface area contributed by atoms with Crippen LogP contribution in [0.4, 0.5) is 0 Å². The van der Waals surface area contributed by atoms with Crippen LogP contribution in [0.15, 0.2) is 47.3 Å². The first-order valence-electron chi connectivity index (χ1n) is 9.51. The van der Waals surface area contributed by atoms with Crippen molar-refractivity contribution in [3.8, 4) is 5.69 Å². The number of aryl methyl sites for hydroxylation is 1. The molecule has 2 saturated carbocycles. The van der Waals surface area contributed by atoms with Crippen LogP contribution in [0.1, 0.15) is 49.3 Å². The van der Waals surface area contributed by atoms with Crippen LogP contribution in [0.2, 0.25) is 5.02 Å². The number of nitrogens with zero attached hydrogens (tertiary/aromatic N) is 2. The number of benzene rings is 2. The quantitative estimate of drug-likeness (QED) is 0.619. The second-order valence-electron chi connectivity index (χ2n) is 7.66. The van der Waals surface area contributed by atoms with Crippen molar-refractivity contribution < 1.29 is 0 Å². The highest BCUT2D eigenvalue weighted by atomic mass is 35.5. The Morgan fingerprint density at radius 2 is 1.88 bits per heavy atom. The largest absolute Gasteiger partial charge is 0.352 e. The Bertz CT molecular complexity index is 1050. The maximum absolute atomic E-state index is 13.0. The summed E-state index contributed by atoms with van der Waals surface area (Å²) in [7, 11) is 0. The molecule has 2 aliphatic rings. The third-order valence-corrected chi connectivity index (χ3v) is 5.94. The lowest BCUT2D eigenvalue weighted by Crippen LogP contribution is -2.24. The highest BCUT2D eigenvalue weighted by Crippen LogP contribution is 2.41. The molecule has 2 aliphatic carbocycles. The lowest BCUT2D eigenvalue weighted by molar-refractivity contribution is 0.711. The van der Waals surface area contributed by atoms with E-state index >= 15 is 0 Å². The van der Waals surface area contributed by atoms with Gasteiger partial charge in [0, 0.05) is 5.39 Å². The smallest absolute Gasteiger partial charge is 0.259 e. The van der Waals surface area contributed by atoms with Crippen LogP contribution in [0.5, 0.6) is 0 Å². The maximum Gasteiger partial charge on any atom is 0.352 e. The van der Waals surface area contributed by atoms with Crippen LogP contribution >= 0.6 is 11.6 Å². The van der Waals surface area contributed by atoms with Gasteiger partial charge in [0.1, 0.15) is 0 Å². The van der Waals surface area contributed by atoms with Gasteiger partial charge in [0.25, 0.3) is 0 Å². The fraction of sp³-hybridized carbons (Fsp3) is 0.364. The summed E-state index contributed by atoms with van der Waals surface area (Å²) in [4.78, 5) is 17.4. The summed E-state index contributed by atoms with van der Waals surface area (Å²) in [5.41, 5.74) is 3.66. The zero-order valence-corrected chi connectivity index (χ0v) is 15.4. The summed E-state index contributed by atoms with van der Waals surface area (Å²) in [5, 5.41) is 1.65. The highest BCUT2D eigenvalue weighted by Gasteiger charge is 2.25. The van der Waals surface area contributed by atoms with E-state index in [2.05, 4.69) is 23.2 Å². The van der Waals surface area contributed by atoms with E-state index in [0.717, 1.165) is 35.4 Å². The summed E-state index contributed by atoms with van der Waals surface area (Å²) >= 11 is 6.41. The van der Waals surface area contributed by atoms with Crippen molar-refractivity contribution >= 4 is 22.5 Å². The van der Waals surface area contributed by atoms with Crippen LogP contribution in [-0.2, 0) is 6.42 Å². The van der Waals surface area contributed by atoms with Gasteiger partial charge in [0.05, 0.1) is 21.9 Å². The fourth-order valence-corrected chi connectivity index (χ4v) is 4.00. The van der Waals surface area contributed by atoms with Crippen molar-refractivity contribution in [2.45, 2.75) is 44.4 Å². The number of hydrogen-bond acceptors (Lipinski definition) is 2. The average Bonchev–Trinajstić information content (AvgIpc) is 3.54. The Kier molecular flexibility index (Phi) is 3.86. The molecule has 0 aliphatic heterocycles. The van der Waals surface area contributed by atoms with E-state index in [1.807, 2.05) is 24.3 Å². The molecule has 0 unspecified atom stereocenters. The zero-order valence-electron chi connectivity index (χ0n) is 14.6. The van der Waals surface area contributed by atoms with Gasteiger partial charge < -0.3 is 0 Å². The van der Waals surface area contributed by atoms with E-state index in [-0.39, 0.29) is 5.69 Å². The van der Waals surface area contributed by atoms with Crippen molar-refractivity contribution in [2.75, 3.05) is 0 Å². The average molecular weight is 365 g/mol. The molecule has 3 nitrogen and oxygen atoms in total. The Balaban J connectivity index is 1.73. The van der Waals surface area contributed by atoms with E-state index in [4.69, 9.17) is 11.6 Å². The molecule has 5 rings (SSSR count). The van der Waals surface area contributed by atoms with Crippen LogP contribution in [0.25, 0.3) is 16.6 Å². The van der Waals surface area contributed by atoms with E-state index in [9.17, 15) is 4.79 Å². The monoisotopic (exact) mass is 364 g/mol. The summed E-state index contributed by atoms with van der Waals surface area (Å²) in [5.74, 6) is 1.46. The Morgan fingerprint density at radius 3 is 2.62 bits per heavy atom. The normalized spacial score (nSPS) is 17.0. The second kappa shape index (κ2) is 6.24. The van der Waals surface area contributed by atoms with Crippen molar-refractivity contribution in [3.05, 3.63) is 69.2 Å². The van der Waals surface area contributed by atoms with E-state index in [0.29, 0.717) is 16.6 Å². The summed E-state index contributed by atoms with van der Waals surface area (Å²) in [6, 6.07) is 14.0. The third-order valence-electron chi connectivity index (χ3n) is 5.62. The summed E-state index contributed by atoms with van der Waals surface area (Å²) < 4.78 is 1.68. The molecular weight excluding hydrogens is 344 g/mol. The number of hydrogen-bond donors (Lipinski definition) is 0. The van der Waals surface area contributed by atoms with Crippen molar-refractivity contribution in [3.63, 3.8) is 0 Å². The minimum atomic E-state index is -0.232. The molecular formula is C22H21ClN2O. The molecule has 0 bridgehead atoms. The lowest BCUT2D eigenvalue weighted by atomic mass is 10.0. The molecule has 132 valence electrons. The van der Waals surface area contributed by atoms with Gasteiger partial charge in [-0.15, -0.1) is 0 Å². The highest BCUT2D eigenvalue weighted by molar-refractivity contribution is 6.32. The Labute approximate surface area is 157 Å². The first kappa shape index (κ1) is 16.1. The van der Waals surface area contributed by atoms with Gasteiger partial charge >= 0.3 is 5.69 Å². The van der Waals surface area contributed by atoms with Crippen LogP contribution in [-0.4, -0.2) is 9.55 Å². The van der Waals surface area contributed by atoms with Gasteiger partial charge in [0.15, 0.2) is 0 Å². The topological polar surface area (TPSA) is 34.9 Å². The lowest BCUT2D eigenvalue weighted by Gasteiger charge is -2.15. The second-order valence-corrected chi connectivity index (χ2v) is 8.07. The molecule has 0 radical (unpaired) electrons. The number of rotatable bonds is 5. The van der Waals surface area contributed by atoms with Gasteiger partial charge in [-0.25, -0.2) is 4.79 Å². The minimum Gasteiger partial charge on any atom is -0.259 e. The standard InChI is InChI=1S/C22H21ClN2O/c23-18-3-1-2-4-20(18)25-21-13-16(15-8-9-15)10-11-17(21)19(24-22(25)26)12-7-14-5-6-14/h1-4,10-11,13-15H,5-9,12H2.